The van der Waals surface area contributed by atoms with Gasteiger partial charge in [-0.2, -0.15) is 4.57 Å². The SMILES string of the molecule is COc1cc2cc[n+](CC(=O)c3cc(C)ccc3C)cc2cc1OC.[Cl-]. The molecule has 0 saturated carbocycles. The zero-order valence-electron chi connectivity index (χ0n) is 15.4. The van der Waals surface area contributed by atoms with Gasteiger partial charge in [0.2, 0.25) is 12.3 Å². The highest BCUT2D eigenvalue weighted by molar-refractivity contribution is 5.96. The van der Waals surface area contributed by atoms with Crippen LogP contribution in [0.5, 0.6) is 11.5 Å². The molecule has 0 atom stereocenters. The molecule has 0 fully saturated rings. The predicted molar refractivity (Wildman–Crippen MR) is 97.5 cm³/mol. The van der Waals surface area contributed by atoms with Crippen molar-refractivity contribution in [1.29, 1.82) is 0 Å². The number of ether oxygens (including phenoxy) is 2. The van der Waals surface area contributed by atoms with Crippen LogP contribution in [0.2, 0.25) is 0 Å². The van der Waals surface area contributed by atoms with E-state index in [4.69, 9.17) is 9.47 Å². The number of methoxy groups -OCH3 is 2. The lowest BCUT2D eigenvalue weighted by atomic mass is 10.0. The summed E-state index contributed by atoms with van der Waals surface area (Å²) in [5.41, 5.74) is 2.87. The van der Waals surface area contributed by atoms with E-state index in [0.29, 0.717) is 18.0 Å². The Morgan fingerprint density at radius 2 is 1.62 bits per heavy atom. The maximum Gasteiger partial charge on any atom is 0.227 e. The number of nitrogens with zero attached hydrogens (tertiary/aromatic N) is 1. The van der Waals surface area contributed by atoms with Gasteiger partial charge >= 0.3 is 0 Å². The van der Waals surface area contributed by atoms with Crippen LogP contribution >= 0.6 is 0 Å². The molecule has 3 aromatic rings. The van der Waals surface area contributed by atoms with Gasteiger partial charge in [0.15, 0.2) is 23.9 Å². The fraction of sp³-hybridized carbons (Fsp3) is 0.238. The summed E-state index contributed by atoms with van der Waals surface area (Å²) in [6.07, 6.45) is 3.87. The van der Waals surface area contributed by atoms with E-state index in [1.54, 1.807) is 14.2 Å². The van der Waals surface area contributed by atoms with Crippen molar-refractivity contribution in [2.24, 2.45) is 0 Å². The molecule has 2 aromatic carbocycles. The topological polar surface area (TPSA) is 39.4 Å². The van der Waals surface area contributed by atoms with Crippen LogP contribution in [-0.4, -0.2) is 20.0 Å². The summed E-state index contributed by atoms with van der Waals surface area (Å²) < 4.78 is 12.6. The largest absolute Gasteiger partial charge is 1.00 e. The van der Waals surface area contributed by atoms with E-state index in [0.717, 1.165) is 27.5 Å². The maximum absolute atomic E-state index is 12.7. The molecule has 1 heterocycles. The van der Waals surface area contributed by atoms with Crippen LogP contribution in [0.15, 0.2) is 48.8 Å². The van der Waals surface area contributed by atoms with Gasteiger partial charge in [0.25, 0.3) is 0 Å². The number of halogens is 1. The lowest BCUT2D eigenvalue weighted by Gasteiger charge is -2.09. The van der Waals surface area contributed by atoms with Crippen molar-refractivity contribution in [3.05, 3.63) is 65.5 Å². The number of fused-ring (bicyclic) bond motifs is 1. The number of aryl methyl sites for hydroxylation is 2. The second-order valence-electron chi connectivity index (χ2n) is 6.19. The summed E-state index contributed by atoms with van der Waals surface area (Å²) in [7, 11) is 3.24. The number of carbonyl (C=O) groups is 1. The molecule has 0 spiro atoms. The Hall–Kier alpha value is -2.59. The summed E-state index contributed by atoms with van der Waals surface area (Å²) in [6, 6.07) is 11.8. The highest BCUT2D eigenvalue weighted by Gasteiger charge is 2.16. The Morgan fingerprint density at radius 1 is 0.962 bits per heavy atom. The molecule has 1 aromatic heterocycles. The van der Waals surface area contributed by atoms with E-state index in [-0.39, 0.29) is 18.2 Å². The number of hydrogen-bond acceptors (Lipinski definition) is 3. The number of benzene rings is 2. The average molecular weight is 372 g/mol. The number of hydrogen-bond donors (Lipinski definition) is 0. The van der Waals surface area contributed by atoms with E-state index in [9.17, 15) is 4.79 Å². The number of rotatable bonds is 5. The average Bonchev–Trinajstić information content (AvgIpc) is 2.62. The van der Waals surface area contributed by atoms with Crippen LogP contribution in [0.3, 0.4) is 0 Å². The van der Waals surface area contributed by atoms with Gasteiger partial charge in [-0.15, -0.1) is 0 Å². The van der Waals surface area contributed by atoms with Crippen molar-refractivity contribution in [3.8, 4) is 11.5 Å². The fourth-order valence-corrected chi connectivity index (χ4v) is 2.95. The third-order valence-corrected chi connectivity index (χ3v) is 4.36. The molecule has 136 valence electrons. The molecule has 0 aliphatic rings. The Balaban J connectivity index is 0.00000243. The molecule has 0 N–H and O–H groups in total. The van der Waals surface area contributed by atoms with E-state index in [1.165, 1.54) is 0 Å². The predicted octanol–water partition coefficient (Wildman–Crippen LogP) is 0.648. The normalized spacial score (nSPS) is 10.3. The first-order chi connectivity index (χ1) is 12.0. The second kappa shape index (κ2) is 8.19. The quantitative estimate of drug-likeness (QED) is 0.488. The van der Waals surface area contributed by atoms with Crippen molar-refractivity contribution in [2.75, 3.05) is 14.2 Å². The number of ketones is 1. The lowest BCUT2D eigenvalue weighted by molar-refractivity contribution is -0.681. The van der Waals surface area contributed by atoms with Crippen LogP contribution in [0.1, 0.15) is 21.5 Å². The smallest absolute Gasteiger partial charge is 0.227 e. The van der Waals surface area contributed by atoms with E-state index >= 15 is 0 Å². The van der Waals surface area contributed by atoms with Crippen LogP contribution in [0, 0.1) is 13.8 Å². The Morgan fingerprint density at radius 3 is 2.27 bits per heavy atom. The van der Waals surface area contributed by atoms with Crippen LogP contribution in [0.25, 0.3) is 10.8 Å². The molecule has 0 unspecified atom stereocenters. The minimum atomic E-state index is 0. The summed E-state index contributed by atoms with van der Waals surface area (Å²) in [6.45, 7) is 4.27. The molecule has 0 aliphatic carbocycles. The molecule has 0 amide bonds. The Labute approximate surface area is 159 Å². The molecule has 0 bridgehead atoms. The van der Waals surface area contributed by atoms with Gasteiger partial charge in [-0.25, -0.2) is 0 Å². The molecule has 26 heavy (non-hydrogen) atoms. The first kappa shape index (κ1) is 19.7. The molecule has 5 heteroatoms. The summed E-state index contributed by atoms with van der Waals surface area (Å²) in [5, 5.41) is 2.03. The van der Waals surface area contributed by atoms with Crippen LogP contribution < -0.4 is 26.4 Å². The molecular weight excluding hydrogens is 350 g/mol. The fourth-order valence-electron chi connectivity index (χ4n) is 2.95. The van der Waals surface area contributed by atoms with Gasteiger partial charge in [0.1, 0.15) is 0 Å². The summed E-state index contributed by atoms with van der Waals surface area (Å²) in [4.78, 5) is 12.7. The Bertz CT molecular complexity index is 953. The van der Waals surface area contributed by atoms with Crippen molar-refractivity contribution < 1.29 is 31.2 Å². The van der Waals surface area contributed by atoms with Gasteiger partial charge < -0.3 is 21.9 Å². The monoisotopic (exact) mass is 371 g/mol. The highest BCUT2D eigenvalue weighted by Crippen LogP contribution is 2.31. The third-order valence-electron chi connectivity index (χ3n) is 4.36. The molecule has 0 saturated heterocycles. The number of Topliss-reactive ketones (excluding diaryl/α,β-unsaturated/α-hetero) is 1. The zero-order valence-corrected chi connectivity index (χ0v) is 16.1. The number of pyridine rings is 1. The lowest BCUT2D eigenvalue weighted by Crippen LogP contribution is -3.00. The van der Waals surface area contributed by atoms with Crippen molar-refractivity contribution in [3.63, 3.8) is 0 Å². The first-order valence-electron chi connectivity index (χ1n) is 8.17. The van der Waals surface area contributed by atoms with Crippen molar-refractivity contribution >= 4 is 16.6 Å². The minimum absolute atomic E-state index is 0. The van der Waals surface area contributed by atoms with Crippen molar-refractivity contribution in [1.82, 2.24) is 0 Å². The van der Waals surface area contributed by atoms with Crippen LogP contribution in [-0.2, 0) is 6.54 Å². The minimum Gasteiger partial charge on any atom is -1.00 e. The molecule has 3 rings (SSSR count). The summed E-state index contributed by atoms with van der Waals surface area (Å²) >= 11 is 0. The molecule has 0 radical (unpaired) electrons. The number of carbonyl (C=O) groups excluding carboxylic acids is 1. The highest BCUT2D eigenvalue weighted by atomic mass is 35.5. The van der Waals surface area contributed by atoms with Gasteiger partial charge in [0.05, 0.1) is 14.2 Å². The third kappa shape index (κ3) is 3.97. The molecular formula is C21H22ClNO3. The van der Waals surface area contributed by atoms with E-state index in [2.05, 4.69) is 0 Å². The Kier molecular flexibility index (Phi) is 6.22. The zero-order chi connectivity index (χ0) is 18.0. The van der Waals surface area contributed by atoms with E-state index in [1.807, 2.05) is 67.2 Å². The first-order valence-corrected chi connectivity index (χ1v) is 8.17. The van der Waals surface area contributed by atoms with Gasteiger partial charge in [-0.1, -0.05) is 17.7 Å². The van der Waals surface area contributed by atoms with E-state index < -0.39 is 0 Å². The maximum atomic E-state index is 12.7. The number of aromatic nitrogens is 1. The molecule has 4 nitrogen and oxygen atoms in total. The van der Waals surface area contributed by atoms with Gasteiger partial charge in [0, 0.05) is 17.0 Å². The standard InChI is InChI=1S/C21H22NO3.ClH/c1-14-5-6-15(2)18(9-14)19(23)13-22-8-7-16-10-20(24-3)21(25-4)11-17(16)12-22;/h5-12H,13H2,1-4H3;1H/q+1;/p-1. The summed E-state index contributed by atoms with van der Waals surface area (Å²) in [5.74, 6) is 1.47. The van der Waals surface area contributed by atoms with Crippen LogP contribution in [0.4, 0.5) is 0 Å². The van der Waals surface area contributed by atoms with Gasteiger partial charge in [-0.05, 0) is 43.0 Å². The van der Waals surface area contributed by atoms with Crippen molar-refractivity contribution in [2.45, 2.75) is 20.4 Å². The molecule has 0 aliphatic heterocycles. The second-order valence-corrected chi connectivity index (χ2v) is 6.19. The van der Waals surface area contributed by atoms with Gasteiger partial charge in [-0.3, -0.25) is 4.79 Å².